The molecule has 4 aromatic rings. The molecule has 0 spiro atoms. The summed E-state index contributed by atoms with van der Waals surface area (Å²) in [7, 11) is 0. The van der Waals surface area contributed by atoms with Gasteiger partial charge in [-0.2, -0.15) is 0 Å². The van der Waals surface area contributed by atoms with Gasteiger partial charge in [-0.25, -0.2) is 9.97 Å². The molecule has 0 amide bonds. The molecule has 0 aliphatic carbocycles. The third kappa shape index (κ3) is 4.10. The molecule has 29 heavy (non-hydrogen) atoms. The zero-order chi connectivity index (χ0) is 20.4. The predicted molar refractivity (Wildman–Crippen MR) is 120 cm³/mol. The number of fused-ring (bicyclic) bond motifs is 1. The summed E-state index contributed by atoms with van der Waals surface area (Å²) < 4.78 is 2.13. The van der Waals surface area contributed by atoms with Crippen LogP contribution in [0.15, 0.2) is 72.1 Å². The van der Waals surface area contributed by atoms with Crippen LogP contribution in [0.5, 0.6) is 0 Å². The number of rotatable bonds is 6. The van der Waals surface area contributed by atoms with Crippen molar-refractivity contribution in [2.24, 2.45) is 0 Å². The lowest BCUT2D eigenvalue weighted by Gasteiger charge is -2.10. The van der Waals surface area contributed by atoms with Crippen molar-refractivity contribution in [3.8, 4) is 16.8 Å². The smallest absolute Gasteiger partial charge is 0.149 e. The Morgan fingerprint density at radius 3 is 2.62 bits per heavy atom. The Hall–Kier alpha value is -2.92. The topological polar surface area (TPSA) is 47.8 Å². The maximum Gasteiger partial charge on any atom is 0.149 e. The zero-order valence-electron chi connectivity index (χ0n) is 16.8. The Labute approximate surface area is 175 Å². The van der Waals surface area contributed by atoms with Gasteiger partial charge in [-0.15, -0.1) is 11.8 Å². The number of carbonyl (C=O) groups is 1. The molecule has 2 aromatic heterocycles. The number of thioether (sulfide) groups is 1. The highest BCUT2D eigenvalue weighted by Crippen LogP contribution is 2.38. The summed E-state index contributed by atoms with van der Waals surface area (Å²) in [5.74, 6) is 0.191. The second-order valence-corrected chi connectivity index (χ2v) is 8.76. The number of hydrogen-bond donors (Lipinski definition) is 0. The molecular formula is C24H23N3OS. The lowest BCUT2D eigenvalue weighted by molar-refractivity contribution is -0.116. The van der Waals surface area contributed by atoms with E-state index in [2.05, 4.69) is 71.0 Å². The zero-order valence-corrected chi connectivity index (χ0v) is 17.6. The molecule has 2 heterocycles. The van der Waals surface area contributed by atoms with Gasteiger partial charge in [-0.3, -0.25) is 4.79 Å². The van der Waals surface area contributed by atoms with E-state index in [-0.39, 0.29) is 11.0 Å². The van der Waals surface area contributed by atoms with Crippen LogP contribution in [-0.4, -0.2) is 25.6 Å². The number of benzene rings is 2. The first-order chi connectivity index (χ1) is 14.0. The van der Waals surface area contributed by atoms with Gasteiger partial charge < -0.3 is 4.57 Å². The van der Waals surface area contributed by atoms with E-state index in [0.717, 1.165) is 32.9 Å². The molecule has 0 fully saturated rings. The number of Topliss-reactive ketones (excluding diaryl/α,β-unsaturated/α-hetero) is 1. The average molecular weight is 402 g/mol. The summed E-state index contributed by atoms with van der Waals surface area (Å²) in [6.45, 7) is 5.79. The third-order valence-corrected chi connectivity index (χ3v) is 5.90. The number of aromatic nitrogens is 3. The predicted octanol–water partition coefficient (Wildman–Crippen LogP) is 5.86. The van der Waals surface area contributed by atoms with Crippen molar-refractivity contribution in [2.45, 2.75) is 37.5 Å². The summed E-state index contributed by atoms with van der Waals surface area (Å²) in [6, 6.07) is 18.7. The number of hydrogen-bond acceptors (Lipinski definition) is 4. The third-order valence-electron chi connectivity index (χ3n) is 4.80. The van der Waals surface area contributed by atoms with Gasteiger partial charge in [0.25, 0.3) is 0 Å². The van der Waals surface area contributed by atoms with Gasteiger partial charge in [0.2, 0.25) is 0 Å². The van der Waals surface area contributed by atoms with Gasteiger partial charge in [0.1, 0.15) is 22.8 Å². The molecule has 0 unspecified atom stereocenters. The van der Waals surface area contributed by atoms with Gasteiger partial charge in [-0.1, -0.05) is 49.4 Å². The van der Waals surface area contributed by atoms with E-state index in [1.165, 1.54) is 5.56 Å². The maximum absolute atomic E-state index is 11.6. The van der Waals surface area contributed by atoms with Gasteiger partial charge in [0.05, 0.1) is 5.39 Å². The minimum atomic E-state index is 0.150. The Morgan fingerprint density at radius 2 is 1.90 bits per heavy atom. The highest BCUT2D eigenvalue weighted by molar-refractivity contribution is 8.00. The molecule has 0 aliphatic heterocycles. The Balaban J connectivity index is 1.93. The van der Waals surface area contributed by atoms with Crippen LogP contribution in [0.1, 0.15) is 25.8 Å². The van der Waals surface area contributed by atoms with Gasteiger partial charge in [0.15, 0.2) is 0 Å². The van der Waals surface area contributed by atoms with Crippen LogP contribution in [0.3, 0.4) is 0 Å². The fourth-order valence-corrected chi connectivity index (χ4v) is 4.70. The fourth-order valence-electron chi connectivity index (χ4n) is 3.57. The number of aryl methyl sites for hydroxylation is 1. The molecule has 0 bridgehead atoms. The van der Waals surface area contributed by atoms with Crippen LogP contribution in [0.4, 0.5) is 0 Å². The van der Waals surface area contributed by atoms with Crippen LogP contribution in [0.2, 0.25) is 0 Å². The van der Waals surface area contributed by atoms with Crippen molar-refractivity contribution in [3.05, 3.63) is 72.7 Å². The molecule has 5 heteroatoms. The molecule has 0 aliphatic rings. The summed E-state index contributed by atoms with van der Waals surface area (Å²) in [6.07, 6.45) is 4.28. The van der Waals surface area contributed by atoms with Crippen molar-refractivity contribution in [3.63, 3.8) is 0 Å². The second kappa shape index (κ2) is 8.21. The highest BCUT2D eigenvalue weighted by atomic mass is 32.2. The van der Waals surface area contributed by atoms with Crippen molar-refractivity contribution in [1.82, 2.24) is 14.5 Å². The van der Waals surface area contributed by atoms with Crippen molar-refractivity contribution >= 4 is 28.6 Å². The van der Waals surface area contributed by atoms with Gasteiger partial charge in [0, 0.05) is 29.1 Å². The maximum atomic E-state index is 11.6. The molecular weight excluding hydrogens is 378 g/mol. The van der Waals surface area contributed by atoms with Gasteiger partial charge in [-0.05, 0) is 37.1 Å². The summed E-state index contributed by atoms with van der Waals surface area (Å²) in [5, 5.41) is 2.09. The van der Waals surface area contributed by atoms with Crippen LogP contribution in [-0.2, 0) is 4.79 Å². The van der Waals surface area contributed by atoms with E-state index in [1.807, 2.05) is 18.2 Å². The first-order valence-electron chi connectivity index (χ1n) is 9.67. The Morgan fingerprint density at radius 1 is 1.10 bits per heavy atom. The number of nitrogens with zero attached hydrogens (tertiary/aromatic N) is 3. The first-order valence-corrected chi connectivity index (χ1v) is 10.6. The first kappa shape index (κ1) is 19.4. The van der Waals surface area contributed by atoms with E-state index in [4.69, 9.17) is 0 Å². The van der Waals surface area contributed by atoms with Crippen molar-refractivity contribution < 1.29 is 4.79 Å². The van der Waals surface area contributed by atoms with Crippen LogP contribution in [0.25, 0.3) is 27.8 Å². The van der Waals surface area contributed by atoms with Crippen molar-refractivity contribution in [1.29, 1.82) is 0 Å². The van der Waals surface area contributed by atoms with Crippen LogP contribution < -0.4 is 0 Å². The molecule has 1 atom stereocenters. The minimum Gasteiger partial charge on any atom is -0.301 e. The van der Waals surface area contributed by atoms with E-state index >= 15 is 0 Å². The summed E-state index contributed by atoms with van der Waals surface area (Å²) in [5.41, 5.74) is 5.37. The Bertz CT molecular complexity index is 1170. The fraction of sp³-hybridized carbons (Fsp3) is 0.208. The monoisotopic (exact) mass is 401 g/mol. The normalized spacial score (nSPS) is 12.2. The molecule has 4 rings (SSSR count). The average Bonchev–Trinajstić information content (AvgIpc) is 3.09. The van der Waals surface area contributed by atoms with E-state index in [9.17, 15) is 4.79 Å². The molecule has 146 valence electrons. The SMILES string of the molecule is CC(=O)C[C@@H](C)Sc1ncnc2c1c(-c1ccccc1)cn2-c1cccc(C)c1. The molecule has 0 N–H and O–H groups in total. The van der Waals surface area contributed by atoms with Crippen LogP contribution in [0, 0.1) is 6.92 Å². The molecule has 2 aromatic carbocycles. The van der Waals surface area contributed by atoms with Crippen molar-refractivity contribution in [2.75, 3.05) is 0 Å². The largest absolute Gasteiger partial charge is 0.301 e. The van der Waals surface area contributed by atoms with E-state index < -0.39 is 0 Å². The van der Waals surface area contributed by atoms with Crippen LogP contribution >= 0.6 is 11.8 Å². The summed E-state index contributed by atoms with van der Waals surface area (Å²) >= 11 is 1.64. The molecule has 4 nitrogen and oxygen atoms in total. The lowest BCUT2D eigenvalue weighted by atomic mass is 10.1. The lowest BCUT2D eigenvalue weighted by Crippen LogP contribution is -2.04. The van der Waals surface area contributed by atoms with E-state index in [1.54, 1.807) is 25.0 Å². The minimum absolute atomic E-state index is 0.150. The quantitative estimate of drug-likeness (QED) is 0.300. The number of carbonyl (C=O) groups excluding carboxylic acids is 1. The summed E-state index contributed by atoms with van der Waals surface area (Å²) in [4.78, 5) is 20.8. The molecule has 0 saturated heterocycles. The highest BCUT2D eigenvalue weighted by Gasteiger charge is 2.19. The van der Waals surface area contributed by atoms with E-state index in [0.29, 0.717) is 6.42 Å². The van der Waals surface area contributed by atoms with Gasteiger partial charge >= 0.3 is 0 Å². The number of ketones is 1. The molecule has 0 radical (unpaired) electrons. The molecule has 0 saturated carbocycles. The standard InChI is InChI=1S/C24H23N3OS/c1-16-8-7-11-20(12-16)27-14-21(19-9-5-4-6-10-19)22-23(27)25-15-26-24(22)29-18(3)13-17(2)28/h4-12,14-15,18H,13H2,1-3H3/t18-/m1/s1. The Kier molecular flexibility index (Phi) is 5.49. The second-order valence-electron chi connectivity index (χ2n) is 7.33.